The molecule has 2 bridgehead atoms. The number of hydrogen-bond donors (Lipinski definition) is 1. The number of piperidine rings is 1. The van der Waals surface area contributed by atoms with Crippen molar-refractivity contribution in [3.8, 4) is 11.1 Å². The molecule has 2 aliphatic heterocycles. The van der Waals surface area contributed by atoms with Crippen molar-refractivity contribution in [1.82, 2.24) is 0 Å². The zero-order valence-electron chi connectivity index (χ0n) is 16.3. The summed E-state index contributed by atoms with van der Waals surface area (Å²) in [6, 6.07) is 16.1. The van der Waals surface area contributed by atoms with E-state index in [-0.39, 0.29) is 23.1 Å². The Bertz CT molecular complexity index is 880. The number of nitrogens with zero attached hydrogens (tertiary/aromatic N) is 1. The fourth-order valence-electron chi connectivity index (χ4n) is 5.71. The smallest absolute Gasteiger partial charge is 0.348 e. The van der Waals surface area contributed by atoms with Gasteiger partial charge in [0.1, 0.15) is 6.04 Å². The highest BCUT2D eigenvalue weighted by Gasteiger charge is 2.56. The normalized spacial score (nSPS) is 28.0. The number of quaternary nitrogens is 1. The molecule has 2 unspecified atom stereocenters. The van der Waals surface area contributed by atoms with E-state index in [1.807, 2.05) is 48.5 Å². The van der Waals surface area contributed by atoms with Gasteiger partial charge in [-0.25, -0.2) is 4.79 Å². The maximum Gasteiger partial charge on any atom is 0.348 e. The summed E-state index contributed by atoms with van der Waals surface area (Å²) in [4.78, 5) is 13.4. The van der Waals surface area contributed by atoms with Crippen LogP contribution in [-0.4, -0.2) is 47.8 Å². The average Bonchev–Trinajstić information content (AvgIpc) is 2.94. The first kappa shape index (κ1) is 19.6. The number of hydrogen-bond acceptors (Lipinski definition) is 3. The summed E-state index contributed by atoms with van der Waals surface area (Å²) >= 11 is 0. The molecule has 148 valence electrons. The van der Waals surface area contributed by atoms with E-state index in [1.165, 1.54) is 12.8 Å². The number of fused-ring (bicyclic) bond motifs is 5. The predicted octanol–water partition coefficient (Wildman–Crippen LogP) is 0.220. The van der Waals surface area contributed by atoms with Crippen molar-refractivity contribution in [3.63, 3.8) is 0 Å². The molecule has 0 aromatic heterocycles. The van der Waals surface area contributed by atoms with E-state index < -0.39 is 11.6 Å². The summed E-state index contributed by atoms with van der Waals surface area (Å²) < 4.78 is 6.98. The van der Waals surface area contributed by atoms with Crippen LogP contribution in [0.2, 0.25) is 0 Å². The molecule has 1 N–H and O–H groups in total. The number of aliphatic hydroxyl groups is 1. The Balaban J connectivity index is 0.00000192. The van der Waals surface area contributed by atoms with E-state index in [2.05, 4.69) is 14.1 Å². The van der Waals surface area contributed by atoms with E-state index in [1.54, 1.807) is 0 Å². The Labute approximate surface area is 176 Å². The van der Waals surface area contributed by atoms with Crippen molar-refractivity contribution in [2.75, 3.05) is 14.1 Å². The van der Waals surface area contributed by atoms with Crippen LogP contribution < -0.4 is 17.0 Å². The number of likely N-dealkylation sites (N-methyl/N-ethyl adjacent to an activating group) is 1. The minimum absolute atomic E-state index is 0. The molecule has 2 aromatic rings. The summed E-state index contributed by atoms with van der Waals surface area (Å²) in [6.45, 7) is 0. The van der Waals surface area contributed by atoms with Gasteiger partial charge in [-0.15, -0.1) is 0 Å². The number of carbonyl (C=O) groups excluding carboxylic acids is 1. The molecule has 2 aromatic carbocycles. The maximum absolute atomic E-state index is 13.4. The van der Waals surface area contributed by atoms with Crippen molar-refractivity contribution < 1.29 is 36.1 Å². The summed E-state index contributed by atoms with van der Waals surface area (Å²) in [5.74, 6) is -0.530. The van der Waals surface area contributed by atoms with Gasteiger partial charge in [0.15, 0.2) is 6.10 Å². The molecule has 0 saturated carbocycles. The third kappa shape index (κ3) is 2.53. The average molecular weight is 444 g/mol. The molecule has 0 spiro atoms. The lowest BCUT2D eigenvalue weighted by Gasteiger charge is -2.41. The number of benzene rings is 2. The first-order chi connectivity index (χ1) is 12.9. The molecule has 1 aliphatic carbocycles. The van der Waals surface area contributed by atoms with Crippen LogP contribution in [0.3, 0.4) is 0 Å². The lowest BCUT2D eigenvalue weighted by atomic mass is 9.91. The van der Waals surface area contributed by atoms with E-state index in [0.29, 0.717) is 23.2 Å². The molecule has 2 saturated heterocycles. The third-order valence-electron chi connectivity index (χ3n) is 7.24. The van der Waals surface area contributed by atoms with Crippen LogP contribution >= 0.6 is 0 Å². The topological polar surface area (TPSA) is 46.5 Å². The Kier molecular flexibility index (Phi) is 4.68. The third-order valence-corrected chi connectivity index (χ3v) is 7.24. The molecular formula is C23H26BrNO3. The van der Waals surface area contributed by atoms with Crippen molar-refractivity contribution in [3.05, 3.63) is 59.7 Å². The molecule has 2 fully saturated rings. The Morgan fingerprint density at radius 1 is 1.04 bits per heavy atom. The van der Waals surface area contributed by atoms with Gasteiger partial charge in [0.2, 0.25) is 5.60 Å². The van der Waals surface area contributed by atoms with Crippen molar-refractivity contribution in [2.45, 2.75) is 49.5 Å². The second-order valence-corrected chi connectivity index (χ2v) is 8.76. The number of carbonyl (C=O) groups is 1. The van der Waals surface area contributed by atoms with Crippen LogP contribution in [0.5, 0.6) is 0 Å². The van der Waals surface area contributed by atoms with Gasteiger partial charge in [-0.05, 0) is 24.0 Å². The lowest BCUT2D eigenvalue weighted by Crippen LogP contribution is -3.00. The number of halogens is 1. The standard InChI is InChI=1S/C23H26NO3.BrH/c1-24(2)15-8-7-13-20(24)21(14-15)27-22(25)23(26)18-11-5-3-9-16(18)17-10-4-6-12-19(17)23;/h3-6,9-12,15,20-21,26H,7-8,13-14H2,1-2H3;1H/q+1;/p-1/t15?,20-,21?;/m1./s1. The van der Waals surface area contributed by atoms with E-state index in [4.69, 9.17) is 4.74 Å². The number of rotatable bonds is 2. The van der Waals surface area contributed by atoms with Crippen LogP contribution in [0.15, 0.2) is 48.5 Å². The first-order valence-electron chi connectivity index (χ1n) is 9.90. The second-order valence-electron chi connectivity index (χ2n) is 8.76. The van der Waals surface area contributed by atoms with Gasteiger partial charge >= 0.3 is 5.97 Å². The van der Waals surface area contributed by atoms with E-state index in [0.717, 1.165) is 28.5 Å². The van der Waals surface area contributed by atoms with E-state index in [9.17, 15) is 9.90 Å². The van der Waals surface area contributed by atoms with Crippen LogP contribution in [0, 0.1) is 0 Å². The monoisotopic (exact) mass is 443 g/mol. The fourth-order valence-corrected chi connectivity index (χ4v) is 5.71. The van der Waals surface area contributed by atoms with Gasteiger partial charge in [0.05, 0.1) is 20.1 Å². The van der Waals surface area contributed by atoms with Crippen molar-refractivity contribution in [1.29, 1.82) is 0 Å². The van der Waals surface area contributed by atoms with Gasteiger partial charge in [-0.2, -0.15) is 0 Å². The highest BCUT2D eigenvalue weighted by Crippen LogP contribution is 2.49. The van der Waals surface area contributed by atoms with Gasteiger partial charge in [0, 0.05) is 24.0 Å². The minimum Gasteiger partial charge on any atom is -1.00 e. The summed E-state index contributed by atoms with van der Waals surface area (Å²) in [7, 11) is 4.49. The predicted molar refractivity (Wildman–Crippen MR) is 103 cm³/mol. The van der Waals surface area contributed by atoms with Gasteiger partial charge in [-0.1, -0.05) is 48.5 Å². The Hall–Kier alpha value is -1.69. The molecule has 28 heavy (non-hydrogen) atoms. The number of esters is 1. The SMILES string of the molecule is C[N+]1(C)C2CCC[C@@H]1C(OC(=O)C1(O)c3ccccc3-c3ccccc31)C2.[Br-]. The molecule has 2 heterocycles. The summed E-state index contributed by atoms with van der Waals surface area (Å²) in [5.41, 5.74) is 1.36. The Morgan fingerprint density at radius 2 is 1.61 bits per heavy atom. The zero-order chi connectivity index (χ0) is 18.8. The van der Waals surface area contributed by atoms with E-state index >= 15 is 0 Å². The molecule has 5 heteroatoms. The second kappa shape index (κ2) is 6.68. The highest BCUT2D eigenvalue weighted by molar-refractivity contribution is 5.96. The first-order valence-corrected chi connectivity index (χ1v) is 9.90. The van der Waals surface area contributed by atoms with Crippen molar-refractivity contribution >= 4 is 5.97 Å². The van der Waals surface area contributed by atoms with Crippen LogP contribution in [0.4, 0.5) is 0 Å². The molecular weight excluding hydrogens is 418 g/mol. The number of ether oxygens (including phenoxy) is 1. The van der Waals surface area contributed by atoms with Crippen LogP contribution in [0.25, 0.3) is 11.1 Å². The Morgan fingerprint density at radius 3 is 2.18 bits per heavy atom. The largest absolute Gasteiger partial charge is 1.00 e. The highest BCUT2D eigenvalue weighted by atomic mass is 79.9. The minimum atomic E-state index is -1.72. The van der Waals surface area contributed by atoms with Crippen LogP contribution in [0.1, 0.15) is 36.8 Å². The van der Waals surface area contributed by atoms with Crippen molar-refractivity contribution in [2.24, 2.45) is 0 Å². The molecule has 0 amide bonds. The summed E-state index contributed by atoms with van der Waals surface area (Å²) in [6.07, 6.45) is 4.23. The van der Waals surface area contributed by atoms with Crippen LogP contribution in [-0.2, 0) is 15.1 Å². The zero-order valence-corrected chi connectivity index (χ0v) is 17.9. The molecule has 3 aliphatic rings. The maximum atomic E-state index is 13.4. The quantitative estimate of drug-likeness (QED) is 0.533. The summed E-state index contributed by atoms with van der Waals surface area (Å²) in [5, 5.41) is 11.6. The molecule has 3 atom stereocenters. The van der Waals surface area contributed by atoms with Gasteiger partial charge < -0.3 is 31.3 Å². The fraction of sp³-hybridized carbons (Fsp3) is 0.435. The van der Waals surface area contributed by atoms with Gasteiger partial charge in [-0.3, -0.25) is 0 Å². The molecule has 4 nitrogen and oxygen atoms in total. The molecule has 5 rings (SSSR count). The van der Waals surface area contributed by atoms with Gasteiger partial charge in [0.25, 0.3) is 0 Å². The molecule has 0 radical (unpaired) electrons. The lowest BCUT2D eigenvalue weighted by molar-refractivity contribution is -0.931.